The van der Waals surface area contributed by atoms with E-state index < -0.39 is 0 Å². The van der Waals surface area contributed by atoms with Crippen LogP contribution in [0.1, 0.15) is 12.5 Å². The molecule has 0 radical (unpaired) electrons. The van der Waals surface area contributed by atoms with Crippen LogP contribution in [0.5, 0.6) is 0 Å². The highest BCUT2D eigenvalue weighted by Crippen LogP contribution is 2.13. The number of benzene rings is 1. The number of rotatable bonds is 2. The molecule has 74 valence electrons. The minimum atomic E-state index is 1.25. The molecule has 0 spiro atoms. The zero-order valence-corrected chi connectivity index (χ0v) is 8.85. The smallest absolute Gasteiger partial charge is 0.0254 e. The highest BCUT2D eigenvalue weighted by Gasteiger charge is 1.92. The Morgan fingerprint density at radius 3 is 2.33 bits per heavy atom. The first-order valence-electron chi connectivity index (χ1n) is 5.14. The van der Waals surface area contributed by atoms with Crippen molar-refractivity contribution in [2.45, 2.75) is 6.92 Å². The molecule has 0 heterocycles. The average Bonchev–Trinajstić information content (AvgIpc) is 2.71. The van der Waals surface area contributed by atoms with Crippen LogP contribution in [-0.2, 0) is 0 Å². The molecule has 0 amide bonds. The Hall–Kier alpha value is -1.82. The van der Waals surface area contributed by atoms with Gasteiger partial charge in [0.15, 0.2) is 0 Å². The van der Waals surface area contributed by atoms with E-state index in [0.29, 0.717) is 0 Å². The fraction of sp³-hybridized carbons (Fsp3) is 0.0667. The predicted molar refractivity (Wildman–Crippen MR) is 66.5 cm³/mol. The highest BCUT2D eigenvalue weighted by molar-refractivity contribution is 5.57. The maximum atomic E-state index is 2.19. The van der Waals surface area contributed by atoms with Gasteiger partial charge in [-0.05, 0) is 23.6 Å². The molecule has 1 aliphatic rings. The summed E-state index contributed by atoms with van der Waals surface area (Å²) in [5.41, 5.74) is 3.78. The van der Waals surface area contributed by atoms with Crippen molar-refractivity contribution in [3.63, 3.8) is 0 Å². The maximum absolute atomic E-state index is 2.19. The van der Waals surface area contributed by atoms with Crippen LogP contribution in [0.25, 0.3) is 6.08 Å². The van der Waals surface area contributed by atoms with Crippen LogP contribution in [-0.4, -0.2) is 0 Å². The minimum Gasteiger partial charge on any atom is -0.0622 e. The number of hydrogen-bond donors (Lipinski definition) is 0. The van der Waals surface area contributed by atoms with E-state index in [1.54, 1.807) is 0 Å². The quantitative estimate of drug-likeness (QED) is 0.663. The van der Waals surface area contributed by atoms with Gasteiger partial charge in [0.1, 0.15) is 0 Å². The van der Waals surface area contributed by atoms with E-state index in [1.807, 2.05) is 6.07 Å². The molecule has 0 fully saturated rings. The predicted octanol–water partition coefficient (Wildman–Crippen LogP) is 4.14. The fourth-order valence-corrected chi connectivity index (χ4v) is 1.60. The second-order valence-electron chi connectivity index (χ2n) is 3.66. The van der Waals surface area contributed by atoms with Crippen LogP contribution >= 0.6 is 0 Å². The van der Waals surface area contributed by atoms with Crippen LogP contribution in [0.2, 0.25) is 0 Å². The molecule has 1 aliphatic carbocycles. The first-order valence-corrected chi connectivity index (χ1v) is 5.14. The third-order valence-corrected chi connectivity index (χ3v) is 2.28. The Labute approximate surface area is 91.0 Å². The molecule has 0 heteroatoms. The Bertz CT molecular complexity index is 428. The van der Waals surface area contributed by atoms with Gasteiger partial charge in [0, 0.05) is 0 Å². The van der Waals surface area contributed by atoms with Gasteiger partial charge in [-0.1, -0.05) is 66.8 Å². The monoisotopic (exact) mass is 194 g/mol. The molecular weight excluding hydrogens is 180 g/mol. The van der Waals surface area contributed by atoms with E-state index in [-0.39, 0.29) is 0 Å². The van der Waals surface area contributed by atoms with Crippen molar-refractivity contribution >= 4 is 6.08 Å². The molecule has 0 unspecified atom stereocenters. The molecule has 0 aliphatic heterocycles. The van der Waals surface area contributed by atoms with Gasteiger partial charge in [-0.25, -0.2) is 0 Å². The van der Waals surface area contributed by atoms with Crippen molar-refractivity contribution in [1.82, 2.24) is 0 Å². The Morgan fingerprint density at radius 2 is 1.67 bits per heavy atom. The van der Waals surface area contributed by atoms with Crippen molar-refractivity contribution in [3.05, 3.63) is 77.4 Å². The molecular formula is C15H14. The fourth-order valence-electron chi connectivity index (χ4n) is 1.60. The molecule has 0 saturated heterocycles. The van der Waals surface area contributed by atoms with Gasteiger partial charge in [-0.3, -0.25) is 0 Å². The van der Waals surface area contributed by atoms with Gasteiger partial charge >= 0.3 is 0 Å². The molecule has 15 heavy (non-hydrogen) atoms. The standard InChI is InChI=1S/C15H14/c1-13(12-15-9-5-6-10-15)11-14-7-3-2-4-8-14/h2-12H,1H3/b13-11+. The molecule has 0 bridgehead atoms. The van der Waals surface area contributed by atoms with Gasteiger partial charge in [0.25, 0.3) is 0 Å². The van der Waals surface area contributed by atoms with E-state index in [0.717, 1.165) is 0 Å². The molecule has 1 aromatic rings. The van der Waals surface area contributed by atoms with Crippen LogP contribution in [0.15, 0.2) is 71.9 Å². The van der Waals surface area contributed by atoms with Crippen LogP contribution in [0.4, 0.5) is 0 Å². The molecule has 1 aromatic carbocycles. The van der Waals surface area contributed by atoms with Gasteiger partial charge in [-0.2, -0.15) is 0 Å². The summed E-state index contributed by atoms with van der Waals surface area (Å²) in [5, 5.41) is 0. The number of hydrogen-bond acceptors (Lipinski definition) is 0. The lowest BCUT2D eigenvalue weighted by Gasteiger charge is -1.96. The third kappa shape index (κ3) is 2.81. The topological polar surface area (TPSA) is 0 Å². The molecule has 0 aromatic heterocycles. The molecule has 2 rings (SSSR count). The van der Waals surface area contributed by atoms with Crippen LogP contribution in [0, 0.1) is 0 Å². The van der Waals surface area contributed by atoms with E-state index in [2.05, 4.69) is 67.6 Å². The molecule has 0 nitrogen and oxygen atoms in total. The lowest BCUT2D eigenvalue weighted by atomic mass is 10.1. The lowest BCUT2D eigenvalue weighted by molar-refractivity contribution is 1.52. The molecule has 0 atom stereocenters. The summed E-state index contributed by atoms with van der Waals surface area (Å²) in [7, 11) is 0. The van der Waals surface area contributed by atoms with Gasteiger partial charge in [-0.15, -0.1) is 0 Å². The lowest BCUT2D eigenvalue weighted by Crippen LogP contribution is -1.75. The van der Waals surface area contributed by atoms with Crippen molar-refractivity contribution in [3.8, 4) is 0 Å². The van der Waals surface area contributed by atoms with Crippen molar-refractivity contribution < 1.29 is 0 Å². The van der Waals surface area contributed by atoms with Crippen molar-refractivity contribution in [2.75, 3.05) is 0 Å². The van der Waals surface area contributed by atoms with Crippen LogP contribution < -0.4 is 0 Å². The Balaban J connectivity index is 2.18. The zero-order chi connectivity index (χ0) is 10.5. The van der Waals surface area contributed by atoms with Crippen molar-refractivity contribution in [2.24, 2.45) is 0 Å². The maximum Gasteiger partial charge on any atom is -0.0254 e. The summed E-state index contributed by atoms with van der Waals surface area (Å²) in [5.74, 6) is 0. The summed E-state index contributed by atoms with van der Waals surface area (Å²) >= 11 is 0. The molecule has 0 saturated carbocycles. The third-order valence-electron chi connectivity index (χ3n) is 2.28. The van der Waals surface area contributed by atoms with Crippen molar-refractivity contribution in [1.29, 1.82) is 0 Å². The second kappa shape index (κ2) is 4.61. The second-order valence-corrected chi connectivity index (χ2v) is 3.66. The van der Waals surface area contributed by atoms with E-state index in [4.69, 9.17) is 0 Å². The summed E-state index contributed by atoms with van der Waals surface area (Å²) in [6.45, 7) is 2.12. The van der Waals surface area contributed by atoms with Gasteiger partial charge < -0.3 is 0 Å². The normalized spacial score (nSPS) is 14.7. The Morgan fingerprint density at radius 1 is 1.00 bits per heavy atom. The van der Waals surface area contributed by atoms with E-state index in [9.17, 15) is 0 Å². The van der Waals surface area contributed by atoms with Crippen LogP contribution in [0.3, 0.4) is 0 Å². The summed E-state index contributed by atoms with van der Waals surface area (Å²) in [6.07, 6.45) is 12.7. The SMILES string of the molecule is C/C(C=C1C=CC=C1)=C\c1ccccc1. The largest absolute Gasteiger partial charge is 0.0622 e. The van der Waals surface area contributed by atoms with Gasteiger partial charge in [0.2, 0.25) is 0 Å². The zero-order valence-electron chi connectivity index (χ0n) is 8.85. The molecule has 0 N–H and O–H groups in total. The minimum absolute atomic E-state index is 1.25. The van der Waals surface area contributed by atoms with E-state index in [1.165, 1.54) is 16.7 Å². The number of allylic oxidation sites excluding steroid dienone is 7. The summed E-state index contributed by atoms with van der Waals surface area (Å²) in [4.78, 5) is 0. The average molecular weight is 194 g/mol. The first-order chi connectivity index (χ1) is 7.34. The first kappa shape index (κ1) is 9.72. The summed E-state index contributed by atoms with van der Waals surface area (Å²) in [6, 6.07) is 10.4. The highest BCUT2D eigenvalue weighted by atomic mass is 14.0. The van der Waals surface area contributed by atoms with E-state index >= 15 is 0 Å². The Kier molecular flexibility index (Phi) is 2.99. The summed E-state index contributed by atoms with van der Waals surface area (Å²) < 4.78 is 0. The van der Waals surface area contributed by atoms with Gasteiger partial charge in [0.05, 0.1) is 0 Å².